The van der Waals surface area contributed by atoms with Gasteiger partial charge in [-0.05, 0) is 31.5 Å². The van der Waals surface area contributed by atoms with Gasteiger partial charge in [-0.25, -0.2) is 0 Å². The quantitative estimate of drug-likeness (QED) is 0.654. The Morgan fingerprint density at radius 3 is 2.79 bits per heavy atom. The number of halogens is 1. The third-order valence-corrected chi connectivity index (χ3v) is 3.58. The van der Waals surface area contributed by atoms with Crippen molar-refractivity contribution in [3.63, 3.8) is 0 Å². The molecule has 0 bridgehead atoms. The zero-order chi connectivity index (χ0) is 14.2. The van der Waals surface area contributed by atoms with Gasteiger partial charge in [0.1, 0.15) is 5.75 Å². The average Bonchev–Trinajstić information content (AvgIpc) is 3.09. The molecule has 0 heterocycles. The first-order chi connectivity index (χ1) is 8.93. The number of carbonyl (C=O) groups is 2. The highest BCUT2D eigenvalue weighted by Gasteiger charge is 2.68. The summed E-state index contributed by atoms with van der Waals surface area (Å²) in [5.41, 5.74) is -1.24. The monoisotopic (exact) mass is 284 g/mol. The highest BCUT2D eigenvalue weighted by Crippen LogP contribution is 2.62. The number of rotatable bonds is 4. The van der Waals surface area contributed by atoms with Crippen molar-refractivity contribution in [2.45, 2.75) is 19.3 Å². The maximum Gasteiger partial charge on any atom is 0.324 e. The van der Waals surface area contributed by atoms with Crippen molar-refractivity contribution in [1.29, 1.82) is 0 Å². The largest absolute Gasteiger partial charge is 0.508 e. The van der Waals surface area contributed by atoms with Gasteiger partial charge in [0.2, 0.25) is 0 Å². The van der Waals surface area contributed by atoms with E-state index in [-0.39, 0.29) is 18.8 Å². The molecule has 102 valence electrons. The second kappa shape index (κ2) is 4.74. The fraction of sp³-hybridized carbons (Fsp3) is 0.385. The number of phenols is 1. The number of hydrogen-bond donors (Lipinski definition) is 2. The Morgan fingerprint density at radius 1 is 1.53 bits per heavy atom. The maximum absolute atomic E-state index is 11.8. The Bertz CT molecular complexity index is 542. The van der Waals surface area contributed by atoms with Gasteiger partial charge in [0, 0.05) is 16.5 Å². The van der Waals surface area contributed by atoms with Gasteiger partial charge in [-0.3, -0.25) is 9.59 Å². The summed E-state index contributed by atoms with van der Waals surface area (Å²) in [6.07, 6.45) is 0.106. The lowest BCUT2D eigenvalue weighted by Crippen LogP contribution is -2.29. The molecule has 6 heteroatoms. The van der Waals surface area contributed by atoms with Gasteiger partial charge in [0.15, 0.2) is 5.41 Å². The van der Waals surface area contributed by atoms with Crippen LogP contribution in [0.3, 0.4) is 0 Å². The standard InChI is InChI=1S/C13H13ClO5/c1-2-19-12(18)13(11(16)17)6-9(13)8-5-7(14)3-4-10(8)15/h3-5,9,15H,2,6H2,1H3,(H,16,17). The Labute approximate surface area is 114 Å². The van der Waals surface area contributed by atoms with Crippen molar-refractivity contribution in [2.75, 3.05) is 6.61 Å². The molecule has 2 unspecified atom stereocenters. The number of ether oxygens (including phenoxy) is 1. The second-order valence-corrected chi connectivity index (χ2v) is 4.89. The van der Waals surface area contributed by atoms with E-state index < -0.39 is 23.3 Å². The molecular formula is C13H13ClO5. The lowest BCUT2D eigenvalue weighted by Gasteiger charge is -2.12. The lowest BCUT2D eigenvalue weighted by atomic mass is 9.98. The van der Waals surface area contributed by atoms with E-state index in [1.807, 2.05) is 0 Å². The van der Waals surface area contributed by atoms with E-state index in [4.69, 9.17) is 16.3 Å². The minimum atomic E-state index is -1.60. The van der Waals surface area contributed by atoms with Gasteiger partial charge in [-0.2, -0.15) is 0 Å². The van der Waals surface area contributed by atoms with Crippen molar-refractivity contribution in [1.82, 2.24) is 0 Å². The molecule has 1 aliphatic carbocycles. The van der Waals surface area contributed by atoms with E-state index >= 15 is 0 Å². The molecule has 19 heavy (non-hydrogen) atoms. The first kappa shape index (κ1) is 13.7. The van der Waals surface area contributed by atoms with Crippen LogP contribution in [-0.4, -0.2) is 28.8 Å². The van der Waals surface area contributed by atoms with E-state index in [0.717, 1.165) is 0 Å². The molecule has 1 saturated carbocycles. The fourth-order valence-electron chi connectivity index (χ4n) is 2.25. The van der Waals surface area contributed by atoms with Crippen LogP contribution in [0.2, 0.25) is 5.02 Å². The van der Waals surface area contributed by atoms with E-state index in [1.54, 1.807) is 6.92 Å². The summed E-state index contributed by atoms with van der Waals surface area (Å²) in [5.74, 6) is -2.69. The number of carboxylic acids is 1. The summed E-state index contributed by atoms with van der Waals surface area (Å²) in [7, 11) is 0. The Hall–Kier alpha value is -1.75. The van der Waals surface area contributed by atoms with Gasteiger partial charge < -0.3 is 14.9 Å². The summed E-state index contributed by atoms with van der Waals surface area (Å²) in [6.45, 7) is 1.73. The van der Waals surface area contributed by atoms with Crippen molar-refractivity contribution >= 4 is 23.5 Å². The van der Waals surface area contributed by atoms with E-state index in [9.17, 15) is 19.8 Å². The number of aliphatic carboxylic acids is 1. The van der Waals surface area contributed by atoms with Crippen LogP contribution in [0.1, 0.15) is 24.8 Å². The van der Waals surface area contributed by atoms with Crippen LogP contribution >= 0.6 is 11.6 Å². The fourth-order valence-corrected chi connectivity index (χ4v) is 2.43. The molecule has 2 atom stereocenters. The normalized spacial score (nSPS) is 24.8. The SMILES string of the molecule is CCOC(=O)C1(C(=O)O)CC1c1cc(Cl)ccc1O. The minimum absolute atomic E-state index is 0.0678. The van der Waals surface area contributed by atoms with Crippen LogP contribution < -0.4 is 0 Å². The molecule has 0 aliphatic heterocycles. The van der Waals surface area contributed by atoms with Gasteiger partial charge in [0.05, 0.1) is 6.61 Å². The van der Waals surface area contributed by atoms with Crippen LogP contribution in [0.5, 0.6) is 5.75 Å². The number of esters is 1. The van der Waals surface area contributed by atoms with Gasteiger partial charge in [0.25, 0.3) is 0 Å². The van der Waals surface area contributed by atoms with Crippen molar-refractivity contribution in [3.05, 3.63) is 28.8 Å². The first-order valence-corrected chi connectivity index (χ1v) is 6.20. The minimum Gasteiger partial charge on any atom is -0.508 e. The molecule has 1 fully saturated rings. The van der Waals surface area contributed by atoms with Crippen LogP contribution in [-0.2, 0) is 14.3 Å². The van der Waals surface area contributed by atoms with E-state index in [1.165, 1.54) is 18.2 Å². The molecule has 0 radical (unpaired) electrons. The van der Waals surface area contributed by atoms with Crippen molar-refractivity contribution in [2.24, 2.45) is 5.41 Å². The molecule has 0 saturated heterocycles. The molecule has 2 rings (SSSR count). The van der Waals surface area contributed by atoms with Gasteiger partial charge in [-0.1, -0.05) is 11.6 Å². The number of aromatic hydroxyl groups is 1. The predicted octanol–water partition coefficient (Wildman–Crippen LogP) is 2.17. The molecular weight excluding hydrogens is 272 g/mol. The Kier molecular flexibility index (Phi) is 3.41. The smallest absolute Gasteiger partial charge is 0.324 e. The maximum atomic E-state index is 11.8. The molecule has 5 nitrogen and oxygen atoms in total. The lowest BCUT2D eigenvalue weighted by molar-refractivity contribution is -0.161. The summed E-state index contributed by atoms with van der Waals surface area (Å²) >= 11 is 5.83. The van der Waals surface area contributed by atoms with Crippen molar-refractivity contribution in [3.8, 4) is 5.75 Å². The molecule has 0 spiro atoms. The molecule has 2 N–H and O–H groups in total. The number of carbonyl (C=O) groups excluding carboxylic acids is 1. The van der Waals surface area contributed by atoms with Crippen LogP contribution in [0.4, 0.5) is 0 Å². The third-order valence-electron chi connectivity index (χ3n) is 3.35. The highest BCUT2D eigenvalue weighted by atomic mass is 35.5. The van der Waals surface area contributed by atoms with E-state index in [0.29, 0.717) is 10.6 Å². The summed E-state index contributed by atoms with van der Waals surface area (Å²) in [4.78, 5) is 23.2. The predicted molar refractivity (Wildman–Crippen MR) is 67.2 cm³/mol. The average molecular weight is 285 g/mol. The van der Waals surface area contributed by atoms with Crippen LogP contribution in [0.25, 0.3) is 0 Å². The van der Waals surface area contributed by atoms with Gasteiger partial charge >= 0.3 is 11.9 Å². The number of benzene rings is 1. The highest BCUT2D eigenvalue weighted by molar-refractivity contribution is 6.30. The topological polar surface area (TPSA) is 83.8 Å². The Balaban J connectivity index is 2.36. The zero-order valence-corrected chi connectivity index (χ0v) is 11.0. The number of carboxylic acid groups (broad SMARTS) is 1. The number of phenolic OH excluding ortho intramolecular Hbond substituents is 1. The molecule has 0 aromatic heterocycles. The Morgan fingerprint density at radius 2 is 2.21 bits per heavy atom. The van der Waals surface area contributed by atoms with Crippen LogP contribution in [0.15, 0.2) is 18.2 Å². The summed E-state index contributed by atoms with van der Waals surface area (Å²) < 4.78 is 4.82. The molecule has 1 aliphatic rings. The van der Waals surface area contributed by atoms with Crippen molar-refractivity contribution < 1.29 is 24.5 Å². The van der Waals surface area contributed by atoms with E-state index in [2.05, 4.69) is 0 Å². The first-order valence-electron chi connectivity index (χ1n) is 5.82. The number of hydrogen-bond acceptors (Lipinski definition) is 4. The zero-order valence-electron chi connectivity index (χ0n) is 10.2. The molecule has 1 aromatic carbocycles. The van der Waals surface area contributed by atoms with Gasteiger partial charge in [-0.15, -0.1) is 0 Å². The molecule has 1 aromatic rings. The summed E-state index contributed by atoms with van der Waals surface area (Å²) in [6, 6.07) is 4.36. The van der Waals surface area contributed by atoms with Crippen LogP contribution in [0, 0.1) is 5.41 Å². The summed E-state index contributed by atoms with van der Waals surface area (Å²) in [5, 5.41) is 19.4. The second-order valence-electron chi connectivity index (χ2n) is 4.46. The molecule has 0 amide bonds. The third kappa shape index (κ3) is 2.14.